The lowest BCUT2D eigenvalue weighted by molar-refractivity contribution is 1.01. The van der Waals surface area contributed by atoms with E-state index in [9.17, 15) is 0 Å². The highest BCUT2D eigenvalue weighted by atomic mass is 79.9. The third-order valence-corrected chi connectivity index (χ3v) is 5.97. The van der Waals surface area contributed by atoms with Crippen LogP contribution in [0.4, 0.5) is 0 Å². The number of rotatable bonds is 3. The highest BCUT2D eigenvalue weighted by Gasteiger charge is 2.21. The lowest BCUT2D eigenvalue weighted by Gasteiger charge is -2.24. The molecule has 21 heavy (non-hydrogen) atoms. The van der Waals surface area contributed by atoms with Crippen molar-refractivity contribution in [2.75, 3.05) is 0 Å². The molecule has 0 amide bonds. The van der Waals surface area contributed by atoms with Crippen molar-refractivity contribution in [3.05, 3.63) is 68.8 Å². The van der Waals surface area contributed by atoms with Crippen LogP contribution in [0.1, 0.15) is 56.3 Å². The van der Waals surface area contributed by atoms with Gasteiger partial charge in [-0.2, -0.15) is 0 Å². The molecule has 0 spiro atoms. The SMILES string of the molecule is CCc1ccccc1C(Br)c1c(C)c(C)c(C)c(C)c1C. The van der Waals surface area contributed by atoms with Crippen molar-refractivity contribution in [3.63, 3.8) is 0 Å². The van der Waals surface area contributed by atoms with Crippen LogP contribution in [-0.4, -0.2) is 0 Å². The van der Waals surface area contributed by atoms with Crippen LogP contribution in [0, 0.1) is 34.6 Å². The molecule has 0 N–H and O–H groups in total. The van der Waals surface area contributed by atoms with Gasteiger partial charge in [-0.05, 0) is 85.5 Å². The number of benzene rings is 2. The van der Waals surface area contributed by atoms with E-state index < -0.39 is 0 Å². The standard InChI is InChI=1S/C20H25Br/c1-7-17-10-8-9-11-18(17)20(21)19-15(5)13(3)12(2)14(4)16(19)6/h8-11,20H,7H2,1-6H3. The van der Waals surface area contributed by atoms with Gasteiger partial charge in [-0.1, -0.05) is 47.1 Å². The maximum absolute atomic E-state index is 3.98. The van der Waals surface area contributed by atoms with Crippen LogP contribution in [0.3, 0.4) is 0 Å². The summed E-state index contributed by atoms with van der Waals surface area (Å²) >= 11 is 3.98. The zero-order valence-electron chi connectivity index (χ0n) is 14.0. The second-order valence-electron chi connectivity index (χ2n) is 5.95. The Morgan fingerprint density at radius 2 is 1.29 bits per heavy atom. The smallest absolute Gasteiger partial charge is 0.0652 e. The first kappa shape index (κ1) is 16.3. The second kappa shape index (κ2) is 6.36. The highest BCUT2D eigenvalue weighted by molar-refractivity contribution is 9.09. The Hall–Kier alpha value is -1.08. The second-order valence-corrected chi connectivity index (χ2v) is 6.87. The monoisotopic (exact) mass is 344 g/mol. The van der Waals surface area contributed by atoms with Crippen molar-refractivity contribution < 1.29 is 0 Å². The van der Waals surface area contributed by atoms with Crippen molar-refractivity contribution in [1.82, 2.24) is 0 Å². The minimum absolute atomic E-state index is 0.270. The van der Waals surface area contributed by atoms with E-state index in [1.54, 1.807) is 0 Å². The van der Waals surface area contributed by atoms with E-state index in [2.05, 4.69) is 81.7 Å². The van der Waals surface area contributed by atoms with Gasteiger partial charge in [0.25, 0.3) is 0 Å². The van der Waals surface area contributed by atoms with E-state index in [-0.39, 0.29) is 4.83 Å². The van der Waals surface area contributed by atoms with Crippen LogP contribution >= 0.6 is 15.9 Å². The number of hydrogen-bond donors (Lipinski definition) is 0. The molecule has 0 heterocycles. The molecule has 2 aromatic carbocycles. The van der Waals surface area contributed by atoms with Crippen LogP contribution in [0.15, 0.2) is 24.3 Å². The van der Waals surface area contributed by atoms with E-state index in [1.165, 1.54) is 44.5 Å². The average Bonchev–Trinajstić information content (AvgIpc) is 2.51. The Bertz CT molecular complexity index is 639. The third kappa shape index (κ3) is 2.81. The number of halogens is 1. The molecule has 112 valence electrons. The van der Waals surface area contributed by atoms with Gasteiger partial charge in [-0.15, -0.1) is 0 Å². The summed E-state index contributed by atoms with van der Waals surface area (Å²) in [4.78, 5) is 0.270. The topological polar surface area (TPSA) is 0 Å². The minimum Gasteiger partial charge on any atom is -0.0786 e. The molecular weight excluding hydrogens is 320 g/mol. The van der Waals surface area contributed by atoms with Crippen molar-refractivity contribution >= 4 is 15.9 Å². The molecule has 0 fully saturated rings. The van der Waals surface area contributed by atoms with Crippen LogP contribution < -0.4 is 0 Å². The van der Waals surface area contributed by atoms with Gasteiger partial charge >= 0.3 is 0 Å². The summed E-state index contributed by atoms with van der Waals surface area (Å²) in [5, 5.41) is 0. The van der Waals surface area contributed by atoms with Gasteiger partial charge in [0.15, 0.2) is 0 Å². The van der Waals surface area contributed by atoms with E-state index in [4.69, 9.17) is 0 Å². The van der Waals surface area contributed by atoms with Crippen LogP contribution in [0.2, 0.25) is 0 Å². The molecule has 0 radical (unpaired) electrons. The molecule has 0 saturated carbocycles. The first-order chi connectivity index (χ1) is 9.90. The summed E-state index contributed by atoms with van der Waals surface area (Å²) in [6.07, 6.45) is 1.07. The van der Waals surface area contributed by atoms with Crippen molar-refractivity contribution in [1.29, 1.82) is 0 Å². The van der Waals surface area contributed by atoms with Crippen LogP contribution in [0.5, 0.6) is 0 Å². The molecule has 1 atom stereocenters. The first-order valence-corrected chi connectivity index (χ1v) is 8.60. The van der Waals surface area contributed by atoms with Crippen molar-refractivity contribution in [2.24, 2.45) is 0 Å². The van der Waals surface area contributed by atoms with Crippen molar-refractivity contribution in [2.45, 2.75) is 52.8 Å². The highest BCUT2D eigenvalue weighted by Crippen LogP contribution is 2.39. The number of aryl methyl sites for hydroxylation is 1. The summed E-state index contributed by atoms with van der Waals surface area (Å²) < 4.78 is 0. The molecule has 0 aromatic heterocycles. The van der Waals surface area contributed by atoms with Gasteiger partial charge in [0.1, 0.15) is 0 Å². The largest absolute Gasteiger partial charge is 0.0786 e. The number of alkyl halides is 1. The minimum atomic E-state index is 0.270. The maximum atomic E-state index is 3.98. The molecule has 0 aliphatic carbocycles. The molecule has 1 unspecified atom stereocenters. The summed E-state index contributed by atoms with van der Waals surface area (Å²) in [5.41, 5.74) is 11.4. The molecule has 0 aliphatic rings. The molecule has 2 aromatic rings. The fourth-order valence-electron chi connectivity index (χ4n) is 3.17. The predicted molar refractivity (Wildman–Crippen MR) is 96.7 cm³/mol. The van der Waals surface area contributed by atoms with E-state index in [0.29, 0.717) is 0 Å². The van der Waals surface area contributed by atoms with Gasteiger partial charge in [0.2, 0.25) is 0 Å². The third-order valence-electron chi connectivity index (χ3n) is 5.02. The normalized spacial score (nSPS) is 12.5. The molecule has 0 aliphatic heterocycles. The Labute approximate surface area is 137 Å². The number of hydrogen-bond acceptors (Lipinski definition) is 0. The maximum Gasteiger partial charge on any atom is 0.0652 e. The van der Waals surface area contributed by atoms with Gasteiger partial charge in [0, 0.05) is 0 Å². The van der Waals surface area contributed by atoms with Crippen molar-refractivity contribution in [3.8, 4) is 0 Å². The van der Waals surface area contributed by atoms with Crippen LogP contribution in [0.25, 0.3) is 0 Å². The quantitative estimate of drug-likeness (QED) is 0.575. The van der Waals surface area contributed by atoms with Gasteiger partial charge in [0.05, 0.1) is 4.83 Å². The molecule has 0 nitrogen and oxygen atoms in total. The summed E-state index contributed by atoms with van der Waals surface area (Å²) in [7, 11) is 0. The van der Waals surface area contributed by atoms with E-state index in [0.717, 1.165) is 6.42 Å². The Morgan fingerprint density at radius 3 is 1.81 bits per heavy atom. The lowest BCUT2D eigenvalue weighted by atomic mass is 9.85. The molecule has 0 saturated heterocycles. The predicted octanol–water partition coefficient (Wildman–Crippen LogP) is 6.28. The molecule has 0 bridgehead atoms. The van der Waals surface area contributed by atoms with Crippen LogP contribution in [-0.2, 0) is 6.42 Å². The Balaban J connectivity index is 2.67. The zero-order valence-corrected chi connectivity index (χ0v) is 15.6. The fraction of sp³-hybridized carbons (Fsp3) is 0.400. The zero-order chi connectivity index (χ0) is 15.7. The van der Waals surface area contributed by atoms with E-state index >= 15 is 0 Å². The van der Waals surface area contributed by atoms with Gasteiger partial charge < -0.3 is 0 Å². The Morgan fingerprint density at radius 1 is 0.810 bits per heavy atom. The first-order valence-electron chi connectivity index (χ1n) is 7.68. The Kier molecular flexibility index (Phi) is 4.93. The van der Waals surface area contributed by atoms with Gasteiger partial charge in [-0.3, -0.25) is 0 Å². The summed E-state index contributed by atoms with van der Waals surface area (Å²) in [5.74, 6) is 0. The lowest BCUT2D eigenvalue weighted by Crippen LogP contribution is -2.07. The van der Waals surface area contributed by atoms with E-state index in [1.807, 2.05) is 0 Å². The molecule has 2 rings (SSSR count). The van der Waals surface area contributed by atoms with Gasteiger partial charge in [-0.25, -0.2) is 0 Å². The fourth-order valence-corrected chi connectivity index (χ4v) is 4.30. The average molecular weight is 345 g/mol. The molecular formula is C20H25Br. The summed E-state index contributed by atoms with van der Waals surface area (Å²) in [6.45, 7) is 13.5. The molecule has 1 heteroatoms. The summed E-state index contributed by atoms with van der Waals surface area (Å²) in [6, 6.07) is 8.76.